The Labute approximate surface area is 124 Å². The van der Waals surface area contributed by atoms with Gasteiger partial charge in [0.1, 0.15) is 5.82 Å². The van der Waals surface area contributed by atoms with Gasteiger partial charge >= 0.3 is 0 Å². The molecule has 0 aliphatic rings. The highest BCUT2D eigenvalue weighted by Gasteiger charge is 2.02. The summed E-state index contributed by atoms with van der Waals surface area (Å²) in [5, 5.41) is 3.39. The normalized spacial score (nSPS) is 10.7. The van der Waals surface area contributed by atoms with E-state index in [1.54, 1.807) is 17.8 Å². The lowest BCUT2D eigenvalue weighted by Crippen LogP contribution is -2.13. The van der Waals surface area contributed by atoms with E-state index < -0.39 is 0 Å². The summed E-state index contributed by atoms with van der Waals surface area (Å²) in [4.78, 5) is 1.18. The van der Waals surface area contributed by atoms with Crippen molar-refractivity contribution >= 4 is 11.8 Å². The van der Waals surface area contributed by atoms with E-state index in [1.165, 1.54) is 16.5 Å². The van der Waals surface area contributed by atoms with Crippen LogP contribution in [0.2, 0.25) is 0 Å². The van der Waals surface area contributed by atoms with E-state index >= 15 is 0 Å². The Hall–Kier alpha value is -1.32. The molecule has 0 amide bonds. The predicted molar refractivity (Wildman–Crippen MR) is 84.4 cm³/mol. The molecule has 2 aromatic carbocycles. The van der Waals surface area contributed by atoms with Gasteiger partial charge in [0.2, 0.25) is 0 Å². The molecule has 106 valence electrons. The molecule has 0 radical (unpaired) electrons. The Morgan fingerprint density at radius 1 is 1.10 bits per heavy atom. The number of benzene rings is 2. The van der Waals surface area contributed by atoms with Crippen LogP contribution >= 0.6 is 11.8 Å². The maximum atomic E-state index is 13.6. The summed E-state index contributed by atoms with van der Waals surface area (Å²) in [5.41, 5.74) is 2.03. The van der Waals surface area contributed by atoms with Gasteiger partial charge in [-0.1, -0.05) is 37.3 Å². The highest BCUT2D eigenvalue weighted by atomic mass is 32.2. The van der Waals surface area contributed by atoms with Gasteiger partial charge in [0.15, 0.2) is 0 Å². The van der Waals surface area contributed by atoms with Gasteiger partial charge in [-0.2, -0.15) is 0 Å². The number of hydrogen-bond donors (Lipinski definition) is 1. The predicted octanol–water partition coefficient (Wildman–Crippen LogP) is 4.62. The summed E-state index contributed by atoms with van der Waals surface area (Å²) in [6.45, 7) is 4.09. The third-order valence-corrected chi connectivity index (χ3v) is 4.05. The van der Waals surface area contributed by atoms with Gasteiger partial charge in [0, 0.05) is 17.2 Å². The molecular formula is C17H20FNS. The van der Waals surface area contributed by atoms with Crippen molar-refractivity contribution in [2.45, 2.75) is 30.5 Å². The molecule has 0 atom stereocenters. The van der Waals surface area contributed by atoms with Crippen molar-refractivity contribution in [1.82, 2.24) is 5.32 Å². The molecule has 0 fully saturated rings. The molecule has 0 aliphatic heterocycles. The van der Waals surface area contributed by atoms with E-state index in [0.717, 1.165) is 25.1 Å². The molecule has 1 nitrogen and oxygen atoms in total. The van der Waals surface area contributed by atoms with Gasteiger partial charge in [-0.25, -0.2) is 4.39 Å². The molecule has 0 saturated heterocycles. The fourth-order valence-electron chi connectivity index (χ4n) is 1.93. The lowest BCUT2D eigenvalue weighted by Gasteiger charge is -2.07. The van der Waals surface area contributed by atoms with E-state index in [4.69, 9.17) is 0 Å². The third-order valence-electron chi connectivity index (χ3n) is 3.01. The summed E-state index contributed by atoms with van der Waals surface area (Å²) in [5.74, 6) is 0.541. The van der Waals surface area contributed by atoms with Crippen LogP contribution in [0.4, 0.5) is 4.39 Å². The lowest BCUT2D eigenvalue weighted by atomic mass is 10.2. The first-order chi connectivity index (χ1) is 9.79. The van der Waals surface area contributed by atoms with Crippen LogP contribution in [0.15, 0.2) is 53.4 Å². The van der Waals surface area contributed by atoms with E-state index in [0.29, 0.717) is 5.75 Å². The van der Waals surface area contributed by atoms with Gasteiger partial charge in [0.05, 0.1) is 0 Å². The Morgan fingerprint density at radius 3 is 2.75 bits per heavy atom. The molecule has 0 aromatic heterocycles. The minimum absolute atomic E-state index is 0.124. The maximum absolute atomic E-state index is 13.6. The van der Waals surface area contributed by atoms with E-state index in [9.17, 15) is 4.39 Å². The van der Waals surface area contributed by atoms with Crippen LogP contribution in [0.5, 0.6) is 0 Å². The van der Waals surface area contributed by atoms with E-state index in [2.05, 4.69) is 36.5 Å². The van der Waals surface area contributed by atoms with E-state index in [1.807, 2.05) is 12.1 Å². The maximum Gasteiger partial charge on any atom is 0.127 e. The average molecular weight is 289 g/mol. The molecule has 2 rings (SSSR count). The zero-order chi connectivity index (χ0) is 14.2. The monoisotopic (exact) mass is 289 g/mol. The molecular weight excluding hydrogens is 269 g/mol. The summed E-state index contributed by atoms with van der Waals surface area (Å²) in [6.07, 6.45) is 1.14. The van der Waals surface area contributed by atoms with Crippen LogP contribution in [-0.2, 0) is 12.3 Å². The van der Waals surface area contributed by atoms with Crippen LogP contribution in [0.1, 0.15) is 24.5 Å². The highest BCUT2D eigenvalue weighted by molar-refractivity contribution is 7.98. The van der Waals surface area contributed by atoms with Crippen LogP contribution in [0.25, 0.3) is 0 Å². The molecule has 0 unspecified atom stereocenters. The van der Waals surface area contributed by atoms with Crippen molar-refractivity contribution in [3.05, 3.63) is 65.5 Å². The third kappa shape index (κ3) is 4.66. The summed E-state index contributed by atoms with van der Waals surface area (Å²) >= 11 is 1.67. The molecule has 0 spiro atoms. The van der Waals surface area contributed by atoms with Crippen LogP contribution < -0.4 is 5.32 Å². The Balaban J connectivity index is 1.93. The largest absolute Gasteiger partial charge is 0.313 e. The first-order valence-corrected chi connectivity index (χ1v) is 7.94. The van der Waals surface area contributed by atoms with E-state index in [-0.39, 0.29) is 5.82 Å². The number of halogens is 1. The van der Waals surface area contributed by atoms with Crippen molar-refractivity contribution in [3.8, 4) is 0 Å². The lowest BCUT2D eigenvalue weighted by molar-refractivity contribution is 0.617. The second-order valence-corrected chi connectivity index (χ2v) is 5.75. The topological polar surface area (TPSA) is 12.0 Å². The quantitative estimate of drug-likeness (QED) is 0.590. The van der Waals surface area contributed by atoms with Crippen molar-refractivity contribution in [2.75, 3.05) is 6.54 Å². The minimum atomic E-state index is -0.124. The molecule has 2 aromatic rings. The SMILES string of the molecule is CCCNCc1cccc(SCc2ccccc2F)c1. The second kappa shape index (κ2) is 8.08. The van der Waals surface area contributed by atoms with Crippen molar-refractivity contribution < 1.29 is 4.39 Å². The van der Waals surface area contributed by atoms with Gasteiger partial charge in [-0.3, -0.25) is 0 Å². The number of hydrogen-bond acceptors (Lipinski definition) is 2. The molecule has 1 N–H and O–H groups in total. The average Bonchev–Trinajstić information content (AvgIpc) is 2.47. The van der Waals surface area contributed by atoms with Gasteiger partial charge in [-0.05, 0) is 42.3 Å². The fourth-order valence-corrected chi connectivity index (χ4v) is 2.90. The second-order valence-electron chi connectivity index (χ2n) is 4.70. The smallest absolute Gasteiger partial charge is 0.127 e. The number of nitrogens with one attached hydrogen (secondary N) is 1. The number of thioether (sulfide) groups is 1. The van der Waals surface area contributed by atoms with Crippen molar-refractivity contribution in [3.63, 3.8) is 0 Å². The van der Waals surface area contributed by atoms with Crippen molar-refractivity contribution in [1.29, 1.82) is 0 Å². The Kier molecular flexibility index (Phi) is 6.09. The molecule has 0 saturated carbocycles. The van der Waals surface area contributed by atoms with Gasteiger partial charge in [0.25, 0.3) is 0 Å². The van der Waals surface area contributed by atoms with Gasteiger partial charge in [-0.15, -0.1) is 11.8 Å². The van der Waals surface area contributed by atoms with Crippen LogP contribution in [0, 0.1) is 5.82 Å². The molecule has 3 heteroatoms. The molecule has 0 heterocycles. The Morgan fingerprint density at radius 2 is 1.95 bits per heavy atom. The summed E-state index contributed by atoms with van der Waals surface area (Å²) in [7, 11) is 0. The first-order valence-electron chi connectivity index (χ1n) is 6.95. The van der Waals surface area contributed by atoms with Crippen LogP contribution in [-0.4, -0.2) is 6.54 Å². The zero-order valence-corrected chi connectivity index (χ0v) is 12.5. The van der Waals surface area contributed by atoms with Crippen LogP contribution in [0.3, 0.4) is 0 Å². The highest BCUT2D eigenvalue weighted by Crippen LogP contribution is 2.24. The molecule has 20 heavy (non-hydrogen) atoms. The minimum Gasteiger partial charge on any atom is -0.313 e. The summed E-state index contributed by atoms with van der Waals surface area (Å²) < 4.78 is 13.6. The fraction of sp³-hybridized carbons (Fsp3) is 0.294. The first kappa shape index (κ1) is 15.1. The molecule has 0 aliphatic carbocycles. The molecule has 0 bridgehead atoms. The van der Waals surface area contributed by atoms with Crippen molar-refractivity contribution in [2.24, 2.45) is 0 Å². The zero-order valence-electron chi connectivity index (χ0n) is 11.7. The summed E-state index contributed by atoms with van der Waals surface area (Å²) in [6, 6.07) is 15.4. The van der Waals surface area contributed by atoms with Gasteiger partial charge < -0.3 is 5.32 Å². The Bertz CT molecular complexity index is 542. The standard InChI is InChI=1S/C17H20FNS/c1-2-10-19-12-14-6-5-8-16(11-14)20-13-15-7-3-4-9-17(15)18/h3-9,11,19H,2,10,12-13H2,1H3. The number of rotatable bonds is 7.